The van der Waals surface area contributed by atoms with Crippen LogP contribution in [0.15, 0.2) is 0 Å². The Bertz CT molecular complexity index is 341. The fourth-order valence-corrected chi connectivity index (χ4v) is 1.41. The summed E-state index contributed by atoms with van der Waals surface area (Å²) in [5.74, 6) is -5.59. The van der Waals surface area contributed by atoms with Crippen LogP contribution in [-0.2, 0) is 19.1 Å². The molecule has 0 unspecified atom stereocenters. The molecule has 1 fully saturated rings. The van der Waals surface area contributed by atoms with E-state index >= 15 is 0 Å². The second kappa shape index (κ2) is 5.26. The zero-order valence-corrected chi connectivity index (χ0v) is 9.39. The van der Waals surface area contributed by atoms with Gasteiger partial charge in [0.05, 0.1) is 6.61 Å². The number of ketones is 1. The Hall–Kier alpha value is -1.10. The number of aliphatic hydroxyl groups excluding tert-OH is 4. The van der Waals surface area contributed by atoms with Crippen LogP contribution in [-0.4, -0.2) is 74.3 Å². The van der Waals surface area contributed by atoms with E-state index in [1.54, 1.807) is 0 Å². The van der Waals surface area contributed by atoms with Gasteiger partial charge in [-0.05, 0) is 0 Å². The summed E-state index contributed by atoms with van der Waals surface area (Å²) >= 11 is 0. The summed E-state index contributed by atoms with van der Waals surface area (Å²) in [4.78, 5) is 21.7. The molecule has 5 atom stereocenters. The first-order valence-corrected chi connectivity index (χ1v) is 5.02. The highest BCUT2D eigenvalue weighted by Gasteiger charge is 2.56. The quantitative estimate of drug-likeness (QED) is 0.197. The highest BCUT2D eigenvalue weighted by molar-refractivity contribution is 6.32. The standard InChI is InChI=1S/C9H14O9/c1-3(11)8(15)18-9(16)7(14)6(13)5(12)4(2-10)17-9/h4-7,10,12-14,16H,2H2,1H3/t4-,5-,6+,7-,9+/m1/s1. The van der Waals surface area contributed by atoms with Gasteiger partial charge in [-0.25, -0.2) is 4.79 Å². The maximum Gasteiger partial charge on any atom is 0.378 e. The molecule has 0 saturated carbocycles. The minimum atomic E-state index is -3.02. The molecule has 1 heterocycles. The van der Waals surface area contributed by atoms with Crippen LogP contribution in [0.1, 0.15) is 6.92 Å². The van der Waals surface area contributed by atoms with Crippen LogP contribution in [0, 0.1) is 0 Å². The van der Waals surface area contributed by atoms with Gasteiger partial charge in [0.1, 0.15) is 18.3 Å². The number of hydrogen-bond acceptors (Lipinski definition) is 9. The number of aliphatic hydroxyl groups is 5. The highest BCUT2D eigenvalue weighted by atomic mass is 16.8. The van der Waals surface area contributed by atoms with E-state index in [9.17, 15) is 30.0 Å². The van der Waals surface area contributed by atoms with Gasteiger partial charge in [0.2, 0.25) is 5.78 Å². The van der Waals surface area contributed by atoms with Crippen LogP contribution in [0.3, 0.4) is 0 Å². The molecule has 0 amide bonds. The van der Waals surface area contributed by atoms with Crippen LogP contribution in [0.5, 0.6) is 0 Å². The molecule has 9 nitrogen and oxygen atoms in total. The van der Waals surface area contributed by atoms with Gasteiger partial charge in [-0.1, -0.05) is 0 Å². The molecule has 0 spiro atoms. The predicted molar refractivity (Wildman–Crippen MR) is 51.7 cm³/mol. The van der Waals surface area contributed by atoms with Crippen molar-refractivity contribution < 1.29 is 44.6 Å². The van der Waals surface area contributed by atoms with Crippen molar-refractivity contribution in [1.29, 1.82) is 0 Å². The summed E-state index contributed by atoms with van der Waals surface area (Å²) in [6, 6.07) is 0. The molecule has 0 aliphatic carbocycles. The Morgan fingerprint density at radius 3 is 2.28 bits per heavy atom. The Kier molecular flexibility index (Phi) is 4.37. The average Bonchev–Trinajstić information content (AvgIpc) is 2.31. The van der Waals surface area contributed by atoms with E-state index in [1.807, 2.05) is 0 Å². The van der Waals surface area contributed by atoms with Crippen molar-refractivity contribution in [2.75, 3.05) is 6.61 Å². The van der Waals surface area contributed by atoms with Crippen molar-refractivity contribution in [3.63, 3.8) is 0 Å². The SMILES string of the molecule is CC(=O)C(=O)O[C@@]1(O)O[C@H](CO)[C@@H](O)[C@H](O)[C@H]1O. The molecule has 0 bridgehead atoms. The third-order valence-electron chi connectivity index (χ3n) is 2.45. The number of ether oxygens (including phenoxy) is 2. The van der Waals surface area contributed by atoms with Crippen LogP contribution >= 0.6 is 0 Å². The van der Waals surface area contributed by atoms with E-state index in [4.69, 9.17) is 5.11 Å². The molecule has 1 aliphatic rings. The van der Waals surface area contributed by atoms with E-state index in [1.165, 1.54) is 0 Å². The summed E-state index contributed by atoms with van der Waals surface area (Å²) in [5.41, 5.74) is 0. The summed E-state index contributed by atoms with van der Waals surface area (Å²) in [6.45, 7) is 0.0422. The number of esters is 1. The third-order valence-corrected chi connectivity index (χ3v) is 2.45. The highest BCUT2D eigenvalue weighted by Crippen LogP contribution is 2.29. The number of rotatable bonds is 3. The Morgan fingerprint density at radius 1 is 1.28 bits per heavy atom. The fourth-order valence-electron chi connectivity index (χ4n) is 1.41. The molecule has 0 aromatic heterocycles. The summed E-state index contributed by atoms with van der Waals surface area (Å²) in [5, 5.41) is 46.8. The van der Waals surface area contributed by atoms with E-state index in [2.05, 4.69) is 9.47 Å². The molecule has 0 radical (unpaired) electrons. The summed E-state index contributed by atoms with van der Waals surface area (Å²) < 4.78 is 8.81. The molecule has 0 aromatic rings. The van der Waals surface area contributed by atoms with Gasteiger partial charge in [0.15, 0.2) is 6.10 Å². The van der Waals surface area contributed by atoms with Crippen molar-refractivity contribution in [1.82, 2.24) is 0 Å². The van der Waals surface area contributed by atoms with Crippen molar-refractivity contribution in [3.05, 3.63) is 0 Å². The molecular weight excluding hydrogens is 252 g/mol. The molecular formula is C9H14O9. The van der Waals surface area contributed by atoms with Gasteiger partial charge >= 0.3 is 11.9 Å². The molecule has 104 valence electrons. The molecule has 0 aromatic carbocycles. The molecule has 5 N–H and O–H groups in total. The van der Waals surface area contributed by atoms with E-state index in [0.29, 0.717) is 0 Å². The van der Waals surface area contributed by atoms with Gasteiger partial charge in [0.25, 0.3) is 0 Å². The molecule has 1 aliphatic heterocycles. The Morgan fingerprint density at radius 2 is 1.83 bits per heavy atom. The number of hydrogen-bond donors (Lipinski definition) is 5. The molecule has 9 heteroatoms. The normalized spacial score (nSPS) is 40.3. The zero-order chi connectivity index (χ0) is 14.1. The average molecular weight is 266 g/mol. The van der Waals surface area contributed by atoms with E-state index in [-0.39, 0.29) is 0 Å². The topological polar surface area (TPSA) is 154 Å². The first-order valence-electron chi connectivity index (χ1n) is 5.02. The third kappa shape index (κ3) is 2.66. The van der Waals surface area contributed by atoms with E-state index < -0.39 is 48.7 Å². The lowest BCUT2D eigenvalue weighted by atomic mass is 9.98. The monoisotopic (exact) mass is 266 g/mol. The summed E-state index contributed by atoms with van der Waals surface area (Å²) in [7, 11) is 0. The molecule has 1 rings (SSSR count). The van der Waals surface area contributed by atoms with Gasteiger partial charge in [0, 0.05) is 6.92 Å². The van der Waals surface area contributed by atoms with Gasteiger partial charge in [-0.15, -0.1) is 0 Å². The second-order valence-electron chi connectivity index (χ2n) is 3.84. The van der Waals surface area contributed by atoms with Crippen LogP contribution in [0.4, 0.5) is 0 Å². The van der Waals surface area contributed by atoms with Crippen LogP contribution in [0.25, 0.3) is 0 Å². The lowest BCUT2D eigenvalue weighted by molar-refractivity contribution is -0.433. The smallest absolute Gasteiger partial charge is 0.378 e. The Balaban J connectivity index is 2.91. The lowest BCUT2D eigenvalue weighted by Crippen LogP contribution is -2.66. The van der Waals surface area contributed by atoms with Crippen molar-refractivity contribution >= 4 is 11.8 Å². The number of carbonyl (C=O) groups excluding carboxylic acids is 2. The van der Waals surface area contributed by atoms with Gasteiger partial charge in [-0.3, -0.25) is 4.79 Å². The van der Waals surface area contributed by atoms with Crippen molar-refractivity contribution in [2.24, 2.45) is 0 Å². The zero-order valence-electron chi connectivity index (χ0n) is 9.39. The molecule has 18 heavy (non-hydrogen) atoms. The second-order valence-corrected chi connectivity index (χ2v) is 3.84. The minimum Gasteiger partial charge on any atom is -0.400 e. The maximum atomic E-state index is 11.0. The lowest BCUT2D eigenvalue weighted by Gasteiger charge is -2.43. The maximum absolute atomic E-state index is 11.0. The fraction of sp³-hybridized carbons (Fsp3) is 0.778. The number of carbonyl (C=O) groups is 2. The Labute approximate surface area is 101 Å². The minimum absolute atomic E-state index is 0.815. The van der Waals surface area contributed by atoms with Crippen molar-refractivity contribution in [3.8, 4) is 0 Å². The van der Waals surface area contributed by atoms with E-state index in [0.717, 1.165) is 6.92 Å². The van der Waals surface area contributed by atoms with Crippen LogP contribution in [0.2, 0.25) is 0 Å². The summed E-state index contributed by atoms with van der Waals surface area (Å²) in [6.07, 6.45) is -7.31. The van der Waals surface area contributed by atoms with Gasteiger partial charge in [-0.2, -0.15) is 0 Å². The van der Waals surface area contributed by atoms with Crippen molar-refractivity contribution in [2.45, 2.75) is 37.3 Å². The first kappa shape index (κ1) is 15.0. The largest absolute Gasteiger partial charge is 0.400 e. The van der Waals surface area contributed by atoms with Gasteiger partial charge < -0.3 is 35.0 Å². The molecule has 1 saturated heterocycles. The number of Topliss-reactive ketones (excluding diaryl/α,β-unsaturated/α-hetero) is 1. The van der Waals surface area contributed by atoms with Crippen LogP contribution < -0.4 is 0 Å². The first-order chi connectivity index (χ1) is 8.23. The predicted octanol–water partition coefficient (Wildman–Crippen LogP) is -3.76.